The highest BCUT2D eigenvalue weighted by Gasteiger charge is 2.35. The highest BCUT2D eigenvalue weighted by Crippen LogP contribution is 2.31. The van der Waals surface area contributed by atoms with E-state index >= 15 is 0 Å². The Balaban J connectivity index is 1.67. The Labute approximate surface area is 167 Å². The third kappa shape index (κ3) is 4.96. The number of β-amino-alcohol motifs (C(OH)–C–C–N with tert-alkyl or cyclic N) is 1. The minimum Gasteiger partial charge on any atom is -0.493 e. The van der Waals surface area contributed by atoms with Gasteiger partial charge in [-0.15, -0.1) is 0 Å². The lowest BCUT2D eigenvalue weighted by Gasteiger charge is -2.29. The van der Waals surface area contributed by atoms with Crippen LogP contribution in [0.5, 0.6) is 11.5 Å². The fourth-order valence-corrected chi connectivity index (χ4v) is 3.77. The van der Waals surface area contributed by atoms with E-state index in [1.165, 1.54) is 0 Å². The van der Waals surface area contributed by atoms with E-state index in [0.29, 0.717) is 23.6 Å². The second-order valence-electron chi connectivity index (χ2n) is 7.99. The first-order valence-electron chi connectivity index (χ1n) is 10.0. The van der Waals surface area contributed by atoms with E-state index < -0.39 is 6.10 Å². The van der Waals surface area contributed by atoms with Crippen LogP contribution < -0.4 is 9.47 Å². The van der Waals surface area contributed by atoms with Gasteiger partial charge in [-0.05, 0) is 51.9 Å². The summed E-state index contributed by atoms with van der Waals surface area (Å²) in [5, 5.41) is 10.2. The summed E-state index contributed by atoms with van der Waals surface area (Å²) in [6.45, 7) is 6.53. The minimum atomic E-state index is -0.666. The Kier molecular flexibility index (Phi) is 6.80. The van der Waals surface area contributed by atoms with E-state index in [4.69, 9.17) is 14.2 Å². The molecule has 28 heavy (non-hydrogen) atoms. The van der Waals surface area contributed by atoms with Crippen LogP contribution in [-0.4, -0.2) is 85.6 Å². The molecule has 2 fully saturated rings. The number of hydrogen-bond donors (Lipinski definition) is 1. The molecule has 0 aliphatic carbocycles. The fraction of sp³-hybridized carbons (Fsp3) is 0.667. The number of aliphatic hydroxyl groups excluding tert-OH is 1. The van der Waals surface area contributed by atoms with Crippen molar-refractivity contribution < 1.29 is 24.1 Å². The van der Waals surface area contributed by atoms with Gasteiger partial charge in [0.05, 0.1) is 19.3 Å². The molecule has 2 atom stereocenters. The van der Waals surface area contributed by atoms with Crippen molar-refractivity contribution in [3.8, 4) is 11.5 Å². The number of carbonyl (C=O) groups is 1. The summed E-state index contributed by atoms with van der Waals surface area (Å²) >= 11 is 0. The van der Waals surface area contributed by atoms with Gasteiger partial charge < -0.3 is 29.1 Å². The molecular weight excluding hydrogens is 360 g/mol. The number of rotatable bonds is 6. The number of carbonyl (C=O) groups excluding carboxylic acids is 1. The predicted molar refractivity (Wildman–Crippen MR) is 106 cm³/mol. The molecule has 2 saturated heterocycles. The molecule has 3 rings (SSSR count). The van der Waals surface area contributed by atoms with E-state index in [0.717, 1.165) is 25.9 Å². The summed E-state index contributed by atoms with van der Waals surface area (Å²) in [5.41, 5.74) is 0.518. The topological polar surface area (TPSA) is 71.5 Å². The molecule has 1 amide bonds. The van der Waals surface area contributed by atoms with Crippen molar-refractivity contribution in [3.63, 3.8) is 0 Å². The standard InChI is InChI=1S/C21H32N2O5/c1-14(2)27-20-13-23(12-17(20)24)21(25)15-5-6-18(19(11-15)26-4)28-16-7-9-22(3)10-8-16/h5-6,11,14,16-17,20,24H,7-10,12-13H2,1-4H3/t17-,20-/m0/s1. The quantitative estimate of drug-likeness (QED) is 0.796. The molecule has 2 aliphatic rings. The second-order valence-corrected chi connectivity index (χ2v) is 7.99. The number of ether oxygens (including phenoxy) is 3. The zero-order valence-electron chi connectivity index (χ0n) is 17.3. The molecule has 1 aromatic rings. The molecule has 0 radical (unpaired) electrons. The molecule has 7 heteroatoms. The number of aliphatic hydroxyl groups is 1. The van der Waals surface area contributed by atoms with Gasteiger partial charge in [0.1, 0.15) is 12.2 Å². The maximum absolute atomic E-state index is 12.9. The zero-order chi connectivity index (χ0) is 20.3. The Bertz CT molecular complexity index is 673. The molecule has 0 saturated carbocycles. The van der Waals surface area contributed by atoms with Gasteiger partial charge >= 0.3 is 0 Å². The summed E-state index contributed by atoms with van der Waals surface area (Å²) in [7, 11) is 3.69. The maximum atomic E-state index is 12.9. The first-order chi connectivity index (χ1) is 13.4. The Morgan fingerprint density at radius 3 is 2.54 bits per heavy atom. The van der Waals surface area contributed by atoms with Gasteiger partial charge in [-0.2, -0.15) is 0 Å². The normalized spacial score (nSPS) is 24.0. The van der Waals surface area contributed by atoms with Gasteiger partial charge in [0.15, 0.2) is 11.5 Å². The third-order valence-electron chi connectivity index (χ3n) is 5.34. The zero-order valence-corrected chi connectivity index (χ0v) is 17.3. The van der Waals surface area contributed by atoms with Crippen molar-refractivity contribution in [2.45, 2.75) is 51.1 Å². The molecule has 0 aromatic heterocycles. The summed E-state index contributed by atoms with van der Waals surface area (Å²) < 4.78 is 17.3. The molecule has 0 unspecified atom stereocenters. The average molecular weight is 392 g/mol. The highest BCUT2D eigenvalue weighted by atomic mass is 16.5. The predicted octanol–water partition coefficient (Wildman–Crippen LogP) is 1.78. The van der Waals surface area contributed by atoms with Crippen LogP contribution in [0.15, 0.2) is 18.2 Å². The maximum Gasteiger partial charge on any atom is 0.254 e. The molecule has 0 spiro atoms. The van der Waals surface area contributed by atoms with Crippen LogP contribution in [0.4, 0.5) is 0 Å². The number of benzene rings is 1. The lowest BCUT2D eigenvalue weighted by Crippen LogP contribution is -2.35. The van der Waals surface area contributed by atoms with E-state index in [1.807, 2.05) is 13.8 Å². The second kappa shape index (κ2) is 9.11. The third-order valence-corrected chi connectivity index (χ3v) is 5.34. The van der Waals surface area contributed by atoms with Gasteiger partial charge in [0, 0.05) is 31.7 Å². The first-order valence-corrected chi connectivity index (χ1v) is 10.0. The van der Waals surface area contributed by atoms with Crippen molar-refractivity contribution >= 4 is 5.91 Å². The van der Waals surface area contributed by atoms with Crippen molar-refractivity contribution in [3.05, 3.63) is 23.8 Å². The van der Waals surface area contributed by atoms with Crippen LogP contribution in [0.1, 0.15) is 37.0 Å². The lowest BCUT2D eigenvalue weighted by atomic mass is 10.1. The number of nitrogens with zero attached hydrogens (tertiary/aromatic N) is 2. The van der Waals surface area contributed by atoms with Crippen LogP contribution >= 0.6 is 0 Å². The molecular formula is C21H32N2O5. The number of likely N-dealkylation sites (tertiary alicyclic amines) is 2. The van der Waals surface area contributed by atoms with E-state index in [1.54, 1.807) is 30.2 Å². The number of hydrogen-bond acceptors (Lipinski definition) is 6. The van der Waals surface area contributed by atoms with E-state index in [-0.39, 0.29) is 30.8 Å². The lowest BCUT2D eigenvalue weighted by molar-refractivity contribution is -0.0394. The van der Waals surface area contributed by atoms with Gasteiger partial charge in [0.25, 0.3) is 5.91 Å². The van der Waals surface area contributed by atoms with Gasteiger partial charge in [-0.25, -0.2) is 0 Å². The fourth-order valence-electron chi connectivity index (χ4n) is 3.77. The van der Waals surface area contributed by atoms with Crippen LogP contribution in [-0.2, 0) is 4.74 Å². The monoisotopic (exact) mass is 392 g/mol. The summed E-state index contributed by atoms with van der Waals surface area (Å²) in [5.74, 6) is 1.08. The van der Waals surface area contributed by atoms with Crippen molar-refractivity contribution in [2.75, 3.05) is 40.3 Å². The molecule has 2 aliphatic heterocycles. The number of methoxy groups -OCH3 is 1. The Morgan fingerprint density at radius 1 is 1.18 bits per heavy atom. The molecule has 2 heterocycles. The minimum absolute atomic E-state index is 0.00537. The molecule has 156 valence electrons. The summed E-state index contributed by atoms with van der Waals surface area (Å²) in [6.07, 6.45) is 1.10. The van der Waals surface area contributed by atoms with Crippen molar-refractivity contribution in [1.82, 2.24) is 9.80 Å². The van der Waals surface area contributed by atoms with Crippen molar-refractivity contribution in [1.29, 1.82) is 0 Å². The van der Waals surface area contributed by atoms with Crippen LogP contribution in [0.2, 0.25) is 0 Å². The smallest absolute Gasteiger partial charge is 0.254 e. The Morgan fingerprint density at radius 2 is 1.89 bits per heavy atom. The average Bonchev–Trinajstić information content (AvgIpc) is 3.03. The first kappa shape index (κ1) is 20.9. The number of amides is 1. The SMILES string of the molecule is COc1cc(C(=O)N2C[C@H](OC(C)C)[C@@H](O)C2)ccc1OC1CCN(C)CC1. The molecule has 1 aromatic carbocycles. The van der Waals surface area contributed by atoms with E-state index in [2.05, 4.69) is 11.9 Å². The van der Waals surface area contributed by atoms with Crippen LogP contribution in [0.25, 0.3) is 0 Å². The van der Waals surface area contributed by atoms with Gasteiger partial charge in [-0.1, -0.05) is 0 Å². The van der Waals surface area contributed by atoms with Gasteiger partial charge in [-0.3, -0.25) is 4.79 Å². The van der Waals surface area contributed by atoms with E-state index in [9.17, 15) is 9.90 Å². The van der Waals surface area contributed by atoms with Gasteiger partial charge in [0.2, 0.25) is 0 Å². The molecule has 0 bridgehead atoms. The molecule has 7 nitrogen and oxygen atoms in total. The molecule has 1 N–H and O–H groups in total. The van der Waals surface area contributed by atoms with Crippen LogP contribution in [0, 0.1) is 0 Å². The highest BCUT2D eigenvalue weighted by molar-refractivity contribution is 5.95. The van der Waals surface area contributed by atoms with Crippen LogP contribution in [0.3, 0.4) is 0 Å². The van der Waals surface area contributed by atoms with Crippen molar-refractivity contribution in [2.24, 2.45) is 0 Å². The largest absolute Gasteiger partial charge is 0.493 e. The number of piperidine rings is 1. The Hall–Kier alpha value is -1.83. The summed E-state index contributed by atoms with van der Waals surface area (Å²) in [6, 6.07) is 5.28. The summed E-state index contributed by atoms with van der Waals surface area (Å²) in [4.78, 5) is 16.8.